The molecule has 0 aromatic heterocycles. The summed E-state index contributed by atoms with van der Waals surface area (Å²) in [5.74, 6) is 1.34. The minimum Gasteiger partial charge on any atom is -0.0805 e. The maximum absolute atomic E-state index is 3.36. The molecule has 0 saturated carbocycles. The van der Waals surface area contributed by atoms with Crippen molar-refractivity contribution in [2.45, 2.75) is 18.8 Å². The lowest BCUT2D eigenvalue weighted by molar-refractivity contribution is 0.499. The topological polar surface area (TPSA) is 0 Å². The third-order valence-corrected chi connectivity index (χ3v) is 3.31. The van der Waals surface area contributed by atoms with Crippen LogP contribution in [0.15, 0.2) is 42.5 Å². The van der Waals surface area contributed by atoms with Gasteiger partial charge in [0.15, 0.2) is 0 Å². The fourth-order valence-corrected chi connectivity index (χ4v) is 2.59. The summed E-state index contributed by atoms with van der Waals surface area (Å²) in [5.41, 5.74) is 2.91. The molecule has 0 fully saturated rings. The van der Waals surface area contributed by atoms with Crippen LogP contribution in [0.4, 0.5) is 0 Å². The number of allylic oxidation sites excluding steroid dienone is 4. The van der Waals surface area contributed by atoms with E-state index in [0.717, 1.165) is 5.92 Å². The lowest BCUT2D eigenvalue weighted by Crippen LogP contribution is -2.18. The second-order valence-electron chi connectivity index (χ2n) is 4.10. The standard InChI is InChI=1S/C14H13/c1-3-7-13-11(5-1)9-10-12-6-2-4-8-14(12)13/h1-5,7-8,11,13H,9-10H2. The molecule has 69 valence electrons. The van der Waals surface area contributed by atoms with E-state index < -0.39 is 0 Å². The summed E-state index contributed by atoms with van der Waals surface area (Å²) in [6.07, 6.45) is 11.5. The summed E-state index contributed by atoms with van der Waals surface area (Å²) in [6.45, 7) is 0. The van der Waals surface area contributed by atoms with Crippen molar-refractivity contribution in [1.29, 1.82) is 0 Å². The van der Waals surface area contributed by atoms with Gasteiger partial charge in [-0.1, -0.05) is 42.5 Å². The number of fused-ring (bicyclic) bond motifs is 3. The smallest absolute Gasteiger partial charge is 0.00870 e. The second kappa shape index (κ2) is 3.13. The summed E-state index contributed by atoms with van der Waals surface area (Å²) >= 11 is 0. The molecule has 14 heavy (non-hydrogen) atoms. The molecule has 0 amide bonds. The van der Waals surface area contributed by atoms with E-state index in [2.05, 4.69) is 42.5 Å². The normalized spacial score (nSPS) is 28.3. The number of benzene rings is 1. The maximum atomic E-state index is 3.36. The zero-order valence-electron chi connectivity index (χ0n) is 8.11. The highest BCUT2D eigenvalue weighted by Crippen LogP contribution is 2.39. The highest BCUT2D eigenvalue weighted by atomic mass is 14.3. The highest BCUT2D eigenvalue weighted by Gasteiger charge is 2.26. The molecule has 0 spiro atoms. The molecule has 0 heterocycles. The van der Waals surface area contributed by atoms with Gasteiger partial charge in [-0.15, -0.1) is 0 Å². The second-order valence-corrected chi connectivity index (χ2v) is 4.10. The van der Waals surface area contributed by atoms with E-state index in [9.17, 15) is 0 Å². The Labute approximate surface area is 85.0 Å². The zero-order valence-corrected chi connectivity index (χ0v) is 8.11. The Bertz CT molecular complexity index is 398. The van der Waals surface area contributed by atoms with Gasteiger partial charge in [0.1, 0.15) is 0 Å². The van der Waals surface area contributed by atoms with Crippen molar-refractivity contribution in [3.8, 4) is 0 Å². The Morgan fingerprint density at radius 1 is 1.21 bits per heavy atom. The van der Waals surface area contributed by atoms with Crippen LogP contribution in [0.2, 0.25) is 0 Å². The van der Waals surface area contributed by atoms with Crippen molar-refractivity contribution in [3.63, 3.8) is 0 Å². The molecular formula is C14H13. The molecule has 1 radical (unpaired) electrons. The first kappa shape index (κ1) is 8.05. The van der Waals surface area contributed by atoms with E-state index in [1.54, 1.807) is 0 Å². The predicted molar refractivity (Wildman–Crippen MR) is 58.1 cm³/mol. The van der Waals surface area contributed by atoms with Crippen molar-refractivity contribution in [2.24, 2.45) is 5.92 Å². The largest absolute Gasteiger partial charge is 0.0805 e. The van der Waals surface area contributed by atoms with E-state index in [0.29, 0.717) is 5.92 Å². The Morgan fingerprint density at radius 3 is 3.14 bits per heavy atom. The number of rotatable bonds is 0. The van der Waals surface area contributed by atoms with Crippen molar-refractivity contribution in [3.05, 3.63) is 59.7 Å². The van der Waals surface area contributed by atoms with Crippen molar-refractivity contribution in [1.82, 2.24) is 0 Å². The fourth-order valence-electron chi connectivity index (χ4n) is 2.59. The van der Waals surface area contributed by atoms with Crippen molar-refractivity contribution >= 4 is 0 Å². The van der Waals surface area contributed by atoms with Crippen LogP contribution in [0.3, 0.4) is 0 Å². The summed E-state index contributed by atoms with van der Waals surface area (Å²) in [4.78, 5) is 0. The van der Waals surface area contributed by atoms with Crippen LogP contribution in [-0.4, -0.2) is 0 Å². The van der Waals surface area contributed by atoms with Crippen molar-refractivity contribution < 1.29 is 0 Å². The van der Waals surface area contributed by atoms with Crippen LogP contribution >= 0.6 is 0 Å². The Kier molecular flexibility index (Phi) is 1.80. The Morgan fingerprint density at radius 2 is 2.14 bits per heavy atom. The molecule has 2 atom stereocenters. The van der Waals surface area contributed by atoms with Gasteiger partial charge in [-0.05, 0) is 36.0 Å². The zero-order chi connectivity index (χ0) is 9.38. The number of aryl methyl sites for hydroxylation is 1. The molecule has 1 aromatic carbocycles. The highest BCUT2D eigenvalue weighted by molar-refractivity contribution is 5.38. The van der Waals surface area contributed by atoms with Crippen LogP contribution in [0.1, 0.15) is 23.5 Å². The minimum atomic E-state index is 0.612. The number of hydrogen-bond acceptors (Lipinski definition) is 0. The van der Waals surface area contributed by atoms with Gasteiger partial charge in [0.2, 0.25) is 0 Å². The first-order valence-corrected chi connectivity index (χ1v) is 5.29. The molecule has 3 rings (SSSR count). The molecule has 2 aliphatic carbocycles. The third kappa shape index (κ3) is 1.14. The van der Waals surface area contributed by atoms with E-state index in [-0.39, 0.29) is 0 Å². The molecular weight excluding hydrogens is 168 g/mol. The average Bonchev–Trinajstić information content (AvgIpc) is 2.29. The first-order valence-electron chi connectivity index (χ1n) is 5.29. The average molecular weight is 181 g/mol. The van der Waals surface area contributed by atoms with Crippen LogP contribution in [-0.2, 0) is 6.42 Å². The molecule has 2 unspecified atom stereocenters. The molecule has 0 saturated heterocycles. The fraction of sp³-hybridized carbons (Fsp3) is 0.286. The Balaban J connectivity index is 2.09. The quantitative estimate of drug-likeness (QED) is 0.576. The van der Waals surface area contributed by atoms with E-state index in [4.69, 9.17) is 0 Å². The molecule has 0 bridgehead atoms. The predicted octanol–water partition coefficient (Wildman–Crippen LogP) is 3.26. The van der Waals surface area contributed by atoms with Gasteiger partial charge in [0, 0.05) is 5.92 Å². The lowest BCUT2D eigenvalue weighted by Gasteiger charge is -2.31. The van der Waals surface area contributed by atoms with E-state index >= 15 is 0 Å². The Hall–Kier alpha value is -1.30. The van der Waals surface area contributed by atoms with Gasteiger partial charge in [0.05, 0.1) is 0 Å². The molecule has 0 aliphatic heterocycles. The van der Waals surface area contributed by atoms with E-state index in [1.807, 2.05) is 6.07 Å². The molecule has 0 heteroatoms. The van der Waals surface area contributed by atoms with Gasteiger partial charge >= 0.3 is 0 Å². The summed E-state index contributed by atoms with van der Waals surface area (Å²) < 4.78 is 0. The van der Waals surface area contributed by atoms with Crippen molar-refractivity contribution in [2.75, 3.05) is 0 Å². The molecule has 0 nitrogen and oxygen atoms in total. The summed E-state index contributed by atoms with van der Waals surface area (Å²) in [7, 11) is 0. The number of hydrogen-bond donors (Lipinski definition) is 0. The van der Waals surface area contributed by atoms with Gasteiger partial charge in [-0.2, -0.15) is 0 Å². The van der Waals surface area contributed by atoms with Crippen LogP contribution in [0, 0.1) is 12.0 Å². The van der Waals surface area contributed by atoms with Crippen LogP contribution in [0.25, 0.3) is 0 Å². The first-order chi connectivity index (χ1) is 6.95. The van der Waals surface area contributed by atoms with Crippen LogP contribution in [0.5, 0.6) is 0 Å². The third-order valence-electron chi connectivity index (χ3n) is 3.31. The van der Waals surface area contributed by atoms with Gasteiger partial charge in [-0.25, -0.2) is 0 Å². The monoisotopic (exact) mass is 181 g/mol. The van der Waals surface area contributed by atoms with E-state index in [1.165, 1.54) is 24.0 Å². The summed E-state index contributed by atoms with van der Waals surface area (Å²) in [5, 5.41) is 0. The molecule has 1 aromatic rings. The summed E-state index contributed by atoms with van der Waals surface area (Å²) in [6, 6.07) is 9.75. The lowest BCUT2D eigenvalue weighted by atomic mass is 9.73. The van der Waals surface area contributed by atoms with Gasteiger partial charge in [0.25, 0.3) is 0 Å². The maximum Gasteiger partial charge on any atom is 0.00870 e. The van der Waals surface area contributed by atoms with Crippen LogP contribution < -0.4 is 0 Å². The minimum absolute atomic E-state index is 0.612. The molecule has 0 N–H and O–H groups in total. The SMILES string of the molecule is [c]1cccc2c1CCC1C=CC=CC21. The molecule has 2 aliphatic rings. The van der Waals surface area contributed by atoms with Gasteiger partial charge in [-0.3, -0.25) is 0 Å². The van der Waals surface area contributed by atoms with Gasteiger partial charge < -0.3 is 0 Å².